The molecule has 0 radical (unpaired) electrons. The van der Waals surface area contributed by atoms with Crippen molar-refractivity contribution in [2.24, 2.45) is 4.99 Å². The van der Waals surface area contributed by atoms with Gasteiger partial charge >= 0.3 is 0 Å². The summed E-state index contributed by atoms with van der Waals surface area (Å²) < 4.78 is 0. The molecule has 1 aliphatic heterocycles. The van der Waals surface area contributed by atoms with Gasteiger partial charge in [-0.3, -0.25) is 14.4 Å². The molecule has 0 atom stereocenters. The Labute approximate surface area is 105 Å². The van der Waals surface area contributed by atoms with Crippen LogP contribution >= 0.6 is 0 Å². The van der Waals surface area contributed by atoms with Crippen LogP contribution in [0.1, 0.15) is 26.7 Å². The van der Waals surface area contributed by atoms with Gasteiger partial charge < -0.3 is 10.6 Å². The third-order valence-electron chi connectivity index (χ3n) is 2.20. The number of allylic oxidation sites excluding steroid dienone is 1. The number of amides is 2. The van der Waals surface area contributed by atoms with Crippen LogP contribution in [0.15, 0.2) is 29.0 Å². The molecule has 0 aromatic carbocycles. The van der Waals surface area contributed by atoms with Gasteiger partial charge in [0.1, 0.15) is 0 Å². The van der Waals surface area contributed by atoms with Gasteiger partial charge in [0.25, 0.3) is 0 Å². The Morgan fingerprint density at radius 3 is 2.33 bits per heavy atom. The Hall–Kier alpha value is -2.24. The van der Waals surface area contributed by atoms with Crippen LogP contribution in [0, 0.1) is 0 Å². The minimum absolute atomic E-state index is 0.0771. The molecule has 0 aromatic heterocycles. The number of dihydropyridines is 1. The van der Waals surface area contributed by atoms with Gasteiger partial charge in [0.05, 0.1) is 11.4 Å². The highest BCUT2D eigenvalue weighted by atomic mass is 16.2. The van der Waals surface area contributed by atoms with Crippen molar-refractivity contribution in [1.82, 2.24) is 10.6 Å². The number of rotatable bonds is 3. The molecule has 0 fully saturated rings. The van der Waals surface area contributed by atoms with E-state index in [1.54, 1.807) is 13.8 Å². The first kappa shape index (κ1) is 13.8. The molecule has 6 nitrogen and oxygen atoms in total. The molecule has 18 heavy (non-hydrogen) atoms. The van der Waals surface area contributed by atoms with Gasteiger partial charge in [0.15, 0.2) is 5.84 Å². The van der Waals surface area contributed by atoms with Crippen LogP contribution in [0.5, 0.6) is 0 Å². The van der Waals surface area contributed by atoms with Crippen molar-refractivity contribution in [3.05, 3.63) is 24.0 Å². The highest BCUT2D eigenvalue weighted by Crippen LogP contribution is 2.09. The van der Waals surface area contributed by atoms with E-state index in [1.807, 2.05) is 0 Å². The Kier molecular flexibility index (Phi) is 4.53. The molecule has 0 saturated heterocycles. The van der Waals surface area contributed by atoms with E-state index in [2.05, 4.69) is 22.2 Å². The van der Waals surface area contributed by atoms with Gasteiger partial charge in [-0.1, -0.05) is 20.4 Å². The molecule has 2 amide bonds. The molecule has 1 heterocycles. The van der Waals surface area contributed by atoms with E-state index in [9.17, 15) is 14.4 Å². The first-order chi connectivity index (χ1) is 8.47. The average Bonchev–Trinajstić information content (AvgIpc) is 2.34. The van der Waals surface area contributed by atoms with E-state index in [4.69, 9.17) is 0 Å². The second kappa shape index (κ2) is 5.90. The fourth-order valence-corrected chi connectivity index (χ4v) is 1.22. The fraction of sp³-hybridized carbons (Fsp3) is 0.333. The molecule has 2 N–H and O–H groups in total. The van der Waals surface area contributed by atoms with Crippen molar-refractivity contribution >= 4 is 23.4 Å². The van der Waals surface area contributed by atoms with Gasteiger partial charge in [0.2, 0.25) is 17.6 Å². The van der Waals surface area contributed by atoms with Crippen LogP contribution in [0.4, 0.5) is 0 Å². The highest BCUT2D eigenvalue weighted by Gasteiger charge is 2.23. The number of Topliss-reactive ketones (excluding diaryl/α,β-unsaturated/α-hetero) is 1. The Balaban J connectivity index is 2.86. The standard InChI is InChI=1S/C12H15N3O3/c1-4-9(16)14-8-6-7(3)13-12(11(8)18)15-10(17)5-2/h6H,3-5H2,1-2H3,(H,14,16)(H,13,15,17). The van der Waals surface area contributed by atoms with Crippen molar-refractivity contribution in [2.45, 2.75) is 26.7 Å². The zero-order chi connectivity index (χ0) is 13.7. The van der Waals surface area contributed by atoms with E-state index in [-0.39, 0.29) is 36.2 Å². The third-order valence-corrected chi connectivity index (χ3v) is 2.20. The van der Waals surface area contributed by atoms with Crippen LogP contribution in [0.2, 0.25) is 0 Å². The van der Waals surface area contributed by atoms with Crippen molar-refractivity contribution in [1.29, 1.82) is 0 Å². The molecule has 0 unspecified atom stereocenters. The second-order valence-corrected chi connectivity index (χ2v) is 3.64. The molecular formula is C12H15N3O3. The molecule has 1 aliphatic rings. The number of hydrogen-bond acceptors (Lipinski definition) is 4. The lowest BCUT2D eigenvalue weighted by Gasteiger charge is -2.15. The molecule has 6 heteroatoms. The maximum Gasteiger partial charge on any atom is 0.244 e. The first-order valence-corrected chi connectivity index (χ1v) is 5.61. The number of nitrogens with one attached hydrogen (secondary N) is 2. The van der Waals surface area contributed by atoms with Crippen LogP contribution in [-0.2, 0) is 14.4 Å². The first-order valence-electron chi connectivity index (χ1n) is 5.61. The quantitative estimate of drug-likeness (QED) is 0.759. The summed E-state index contributed by atoms with van der Waals surface area (Å²) in [5, 5.41) is 4.83. The molecule has 0 aromatic rings. The number of aliphatic imine (C=N–C) groups is 1. The van der Waals surface area contributed by atoms with Gasteiger partial charge in [-0.2, -0.15) is 0 Å². The van der Waals surface area contributed by atoms with Crippen molar-refractivity contribution in [3.8, 4) is 0 Å². The predicted octanol–water partition coefficient (Wildman–Crippen LogP) is 0.418. The van der Waals surface area contributed by atoms with Crippen LogP contribution in [-0.4, -0.2) is 23.4 Å². The largest absolute Gasteiger partial charge is 0.323 e. The van der Waals surface area contributed by atoms with E-state index in [0.717, 1.165) is 0 Å². The summed E-state index contributed by atoms with van der Waals surface area (Å²) in [6, 6.07) is 0. The molecule has 0 aliphatic carbocycles. The number of hydrogen-bond donors (Lipinski definition) is 2. The van der Waals surface area contributed by atoms with E-state index < -0.39 is 5.78 Å². The Bertz CT molecular complexity index is 435. The van der Waals surface area contributed by atoms with E-state index >= 15 is 0 Å². The molecule has 96 valence electrons. The third kappa shape index (κ3) is 3.38. The Morgan fingerprint density at radius 2 is 1.78 bits per heavy atom. The summed E-state index contributed by atoms with van der Waals surface area (Å²) in [4.78, 5) is 38.2. The summed E-state index contributed by atoms with van der Waals surface area (Å²) in [5.41, 5.74) is 0.376. The van der Waals surface area contributed by atoms with E-state index in [1.165, 1.54) is 6.08 Å². The number of ketones is 1. The maximum absolute atomic E-state index is 11.9. The van der Waals surface area contributed by atoms with Crippen molar-refractivity contribution < 1.29 is 14.4 Å². The predicted molar refractivity (Wildman–Crippen MR) is 66.5 cm³/mol. The summed E-state index contributed by atoms with van der Waals surface area (Å²) in [5.74, 6) is -1.24. The van der Waals surface area contributed by atoms with Gasteiger partial charge in [0, 0.05) is 12.8 Å². The molecule has 1 rings (SSSR count). The summed E-state index contributed by atoms with van der Waals surface area (Å²) in [7, 11) is 0. The Morgan fingerprint density at radius 1 is 1.22 bits per heavy atom. The lowest BCUT2D eigenvalue weighted by Crippen LogP contribution is -2.41. The SMILES string of the molecule is C=C1C=C(NC(=O)CC)C(=O)C(NC(=O)CC)=N1. The zero-order valence-electron chi connectivity index (χ0n) is 10.4. The summed E-state index contributed by atoms with van der Waals surface area (Å²) >= 11 is 0. The number of carbonyl (C=O) groups excluding carboxylic acids is 3. The number of amidine groups is 1. The smallest absolute Gasteiger partial charge is 0.244 e. The monoisotopic (exact) mass is 249 g/mol. The molecule has 0 bridgehead atoms. The number of carbonyl (C=O) groups is 3. The maximum atomic E-state index is 11.9. The second-order valence-electron chi connectivity index (χ2n) is 3.64. The molecule has 0 spiro atoms. The molecular weight excluding hydrogens is 234 g/mol. The van der Waals surface area contributed by atoms with Crippen LogP contribution < -0.4 is 10.6 Å². The van der Waals surface area contributed by atoms with Gasteiger partial charge in [-0.15, -0.1) is 0 Å². The van der Waals surface area contributed by atoms with Gasteiger partial charge in [-0.05, 0) is 6.08 Å². The van der Waals surface area contributed by atoms with Crippen LogP contribution in [0.25, 0.3) is 0 Å². The van der Waals surface area contributed by atoms with Gasteiger partial charge in [-0.25, -0.2) is 4.99 Å². The lowest BCUT2D eigenvalue weighted by molar-refractivity contribution is -0.121. The minimum Gasteiger partial charge on any atom is -0.323 e. The topological polar surface area (TPSA) is 87.6 Å². The lowest BCUT2D eigenvalue weighted by atomic mass is 10.1. The van der Waals surface area contributed by atoms with E-state index in [0.29, 0.717) is 5.70 Å². The minimum atomic E-state index is -0.522. The summed E-state index contributed by atoms with van der Waals surface area (Å²) in [6.07, 6.45) is 1.86. The fourth-order valence-electron chi connectivity index (χ4n) is 1.22. The average molecular weight is 249 g/mol. The summed E-state index contributed by atoms with van der Waals surface area (Å²) in [6.45, 7) is 6.93. The number of nitrogens with zero attached hydrogens (tertiary/aromatic N) is 1. The normalized spacial score (nSPS) is 14.8. The van der Waals surface area contributed by atoms with Crippen LogP contribution in [0.3, 0.4) is 0 Å². The molecule has 0 saturated carbocycles. The zero-order valence-corrected chi connectivity index (χ0v) is 10.4. The highest BCUT2D eigenvalue weighted by molar-refractivity contribution is 6.48. The van der Waals surface area contributed by atoms with Crippen molar-refractivity contribution in [3.63, 3.8) is 0 Å². The van der Waals surface area contributed by atoms with Crippen molar-refractivity contribution in [2.75, 3.05) is 0 Å².